The van der Waals surface area contributed by atoms with Crippen molar-refractivity contribution in [3.8, 4) is 0 Å². The molecule has 0 fully saturated rings. The van der Waals surface area contributed by atoms with Crippen LogP contribution in [0.5, 0.6) is 0 Å². The number of rotatable bonds is 2. The van der Waals surface area contributed by atoms with Crippen LogP contribution in [0.15, 0.2) is 29.2 Å². The quantitative estimate of drug-likeness (QED) is 0.454. The SMILES string of the molecule is ClCSc1ccc(I)cc1. The molecule has 1 rings (SSSR count). The van der Waals surface area contributed by atoms with Crippen LogP contribution in [0.3, 0.4) is 0 Å². The molecule has 0 radical (unpaired) electrons. The minimum absolute atomic E-state index is 0.626. The average molecular weight is 285 g/mol. The Kier molecular flexibility index (Phi) is 3.88. The van der Waals surface area contributed by atoms with Crippen molar-refractivity contribution >= 4 is 46.0 Å². The minimum atomic E-state index is 0.626. The van der Waals surface area contributed by atoms with Crippen LogP contribution in [0.25, 0.3) is 0 Å². The molecule has 0 N–H and O–H groups in total. The van der Waals surface area contributed by atoms with Gasteiger partial charge in [0.1, 0.15) is 0 Å². The van der Waals surface area contributed by atoms with Crippen molar-refractivity contribution < 1.29 is 0 Å². The van der Waals surface area contributed by atoms with Crippen LogP contribution in [-0.4, -0.2) is 5.21 Å². The van der Waals surface area contributed by atoms with Crippen LogP contribution in [0.4, 0.5) is 0 Å². The molecule has 0 aliphatic heterocycles. The highest BCUT2D eigenvalue weighted by molar-refractivity contribution is 14.1. The molecule has 0 saturated carbocycles. The summed E-state index contributed by atoms with van der Waals surface area (Å²) in [6.07, 6.45) is 0. The fourth-order valence-electron chi connectivity index (χ4n) is 0.594. The summed E-state index contributed by atoms with van der Waals surface area (Å²) in [5.41, 5.74) is 0. The third-order valence-electron chi connectivity index (χ3n) is 1.03. The molecule has 0 bridgehead atoms. The van der Waals surface area contributed by atoms with E-state index in [1.54, 1.807) is 11.8 Å². The molecule has 10 heavy (non-hydrogen) atoms. The molecule has 1 aromatic carbocycles. The van der Waals surface area contributed by atoms with E-state index in [2.05, 4.69) is 46.9 Å². The number of benzene rings is 1. The average Bonchev–Trinajstić information content (AvgIpc) is 1.95. The summed E-state index contributed by atoms with van der Waals surface area (Å²) in [5.74, 6) is 0. The minimum Gasteiger partial charge on any atom is -0.114 e. The van der Waals surface area contributed by atoms with Crippen molar-refractivity contribution in [3.05, 3.63) is 27.8 Å². The van der Waals surface area contributed by atoms with E-state index in [9.17, 15) is 0 Å². The Labute approximate surface area is 83.5 Å². The number of alkyl halides is 1. The third kappa shape index (κ3) is 2.68. The Morgan fingerprint density at radius 3 is 2.40 bits per heavy atom. The lowest BCUT2D eigenvalue weighted by Gasteiger charge is -1.95. The zero-order valence-corrected chi connectivity index (χ0v) is 8.91. The number of hydrogen-bond donors (Lipinski definition) is 0. The fourth-order valence-corrected chi connectivity index (χ4v) is 1.79. The van der Waals surface area contributed by atoms with E-state index in [4.69, 9.17) is 11.6 Å². The molecular formula is C7H6ClIS. The second-order valence-electron chi connectivity index (χ2n) is 1.71. The van der Waals surface area contributed by atoms with Gasteiger partial charge in [-0.2, -0.15) is 0 Å². The Bertz CT molecular complexity index is 197. The van der Waals surface area contributed by atoms with Crippen LogP contribution >= 0.6 is 46.0 Å². The highest BCUT2D eigenvalue weighted by Gasteiger charge is 1.90. The lowest BCUT2D eigenvalue weighted by atomic mass is 10.4. The smallest absolute Gasteiger partial charge is 0.0727 e. The molecule has 3 heteroatoms. The van der Waals surface area contributed by atoms with Gasteiger partial charge in [0, 0.05) is 8.47 Å². The Morgan fingerprint density at radius 1 is 1.30 bits per heavy atom. The highest BCUT2D eigenvalue weighted by Crippen LogP contribution is 2.19. The zero-order chi connectivity index (χ0) is 7.40. The molecule has 0 atom stereocenters. The zero-order valence-electron chi connectivity index (χ0n) is 5.18. The van der Waals surface area contributed by atoms with Gasteiger partial charge in [-0.15, -0.1) is 23.4 Å². The van der Waals surface area contributed by atoms with Gasteiger partial charge in [-0.25, -0.2) is 0 Å². The molecule has 0 aromatic heterocycles. The molecule has 0 aliphatic rings. The molecule has 0 amide bonds. The van der Waals surface area contributed by atoms with Crippen molar-refractivity contribution in [3.63, 3.8) is 0 Å². The van der Waals surface area contributed by atoms with E-state index in [1.807, 2.05) is 0 Å². The first kappa shape index (κ1) is 8.68. The third-order valence-corrected chi connectivity index (χ3v) is 2.80. The molecule has 0 spiro atoms. The first-order chi connectivity index (χ1) is 4.83. The van der Waals surface area contributed by atoms with Gasteiger partial charge in [-0.05, 0) is 46.9 Å². The maximum absolute atomic E-state index is 5.54. The normalized spacial score (nSPS) is 9.80. The molecule has 0 saturated heterocycles. The maximum Gasteiger partial charge on any atom is 0.0727 e. The second-order valence-corrected chi connectivity index (χ2v) is 4.59. The van der Waals surface area contributed by atoms with Crippen molar-refractivity contribution in [1.82, 2.24) is 0 Å². The Balaban J connectivity index is 2.69. The molecule has 54 valence electrons. The lowest BCUT2D eigenvalue weighted by molar-refractivity contribution is 1.44. The van der Waals surface area contributed by atoms with Crippen molar-refractivity contribution in [2.45, 2.75) is 4.90 Å². The summed E-state index contributed by atoms with van der Waals surface area (Å²) in [4.78, 5) is 1.23. The molecule has 0 aliphatic carbocycles. The summed E-state index contributed by atoms with van der Waals surface area (Å²) >= 11 is 9.47. The molecule has 0 unspecified atom stereocenters. The van der Waals surface area contributed by atoms with E-state index in [0.29, 0.717) is 5.21 Å². The van der Waals surface area contributed by atoms with Gasteiger partial charge in [-0.1, -0.05) is 0 Å². The van der Waals surface area contributed by atoms with Crippen molar-refractivity contribution in [2.24, 2.45) is 0 Å². The Hall–Kier alpha value is 0.590. The molecule has 1 aromatic rings. The second kappa shape index (κ2) is 4.46. The van der Waals surface area contributed by atoms with Gasteiger partial charge in [0.2, 0.25) is 0 Å². The maximum atomic E-state index is 5.54. The largest absolute Gasteiger partial charge is 0.114 e. The summed E-state index contributed by atoms with van der Waals surface area (Å²) in [7, 11) is 0. The van der Waals surface area contributed by atoms with E-state index >= 15 is 0 Å². The van der Waals surface area contributed by atoms with Crippen LogP contribution in [0.2, 0.25) is 0 Å². The summed E-state index contributed by atoms with van der Waals surface area (Å²) in [6.45, 7) is 0. The summed E-state index contributed by atoms with van der Waals surface area (Å²) < 4.78 is 1.26. The van der Waals surface area contributed by atoms with E-state index in [1.165, 1.54) is 8.47 Å². The van der Waals surface area contributed by atoms with Gasteiger partial charge >= 0.3 is 0 Å². The van der Waals surface area contributed by atoms with Crippen LogP contribution in [-0.2, 0) is 0 Å². The van der Waals surface area contributed by atoms with Crippen LogP contribution < -0.4 is 0 Å². The van der Waals surface area contributed by atoms with Crippen molar-refractivity contribution in [2.75, 3.05) is 5.21 Å². The number of halogens is 2. The molecule has 0 nitrogen and oxygen atoms in total. The first-order valence-electron chi connectivity index (χ1n) is 2.77. The summed E-state index contributed by atoms with van der Waals surface area (Å²) in [6, 6.07) is 8.31. The number of thioether (sulfide) groups is 1. The number of hydrogen-bond acceptors (Lipinski definition) is 1. The van der Waals surface area contributed by atoms with Crippen LogP contribution in [0, 0.1) is 3.57 Å². The van der Waals surface area contributed by atoms with Gasteiger partial charge in [0.15, 0.2) is 0 Å². The standard InChI is InChI=1S/C7H6ClIS/c8-5-10-7-3-1-6(9)2-4-7/h1-4H,5H2. The van der Waals surface area contributed by atoms with Gasteiger partial charge in [0.05, 0.1) is 5.21 Å². The lowest BCUT2D eigenvalue weighted by Crippen LogP contribution is -1.71. The highest BCUT2D eigenvalue weighted by atomic mass is 127. The molecular weight excluding hydrogens is 279 g/mol. The van der Waals surface area contributed by atoms with Gasteiger partial charge in [0.25, 0.3) is 0 Å². The fraction of sp³-hybridized carbons (Fsp3) is 0.143. The predicted molar refractivity (Wildman–Crippen MR) is 55.7 cm³/mol. The van der Waals surface area contributed by atoms with Crippen LogP contribution in [0.1, 0.15) is 0 Å². The van der Waals surface area contributed by atoms with E-state index in [-0.39, 0.29) is 0 Å². The van der Waals surface area contributed by atoms with E-state index < -0.39 is 0 Å². The summed E-state index contributed by atoms with van der Waals surface area (Å²) in [5, 5.41) is 0.626. The Morgan fingerprint density at radius 2 is 1.90 bits per heavy atom. The van der Waals surface area contributed by atoms with Crippen molar-refractivity contribution in [1.29, 1.82) is 0 Å². The monoisotopic (exact) mass is 284 g/mol. The van der Waals surface area contributed by atoms with Gasteiger partial charge < -0.3 is 0 Å². The van der Waals surface area contributed by atoms with E-state index in [0.717, 1.165) is 0 Å². The molecule has 0 heterocycles. The van der Waals surface area contributed by atoms with Gasteiger partial charge in [-0.3, -0.25) is 0 Å². The predicted octanol–water partition coefficient (Wildman–Crippen LogP) is 3.58. The first-order valence-corrected chi connectivity index (χ1v) is 5.37. The topological polar surface area (TPSA) is 0 Å².